The Morgan fingerprint density at radius 1 is 1.08 bits per heavy atom. The minimum absolute atomic E-state index is 0.0541. The summed E-state index contributed by atoms with van der Waals surface area (Å²) in [6.07, 6.45) is 3.41. The van der Waals surface area contributed by atoms with Gasteiger partial charge >= 0.3 is 0 Å². The Morgan fingerprint density at radius 3 is 2.88 bits per heavy atom. The number of ether oxygens (including phenoxy) is 3. The van der Waals surface area contributed by atoms with Gasteiger partial charge in [0.2, 0.25) is 0 Å². The average molecular weight is 360 g/mol. The quantitative estimate of drug-likeness (QED) is 0.822. The molecule has 142 valence electrons. The van der Waals surface area contributed by atoms with E-state index in [2.05, 4.69) is 4.90 Å². The fraction of sp³-hybridized carbons (Fsp3) is 0.650. The summed E-state index contributed by atoms with van der Waals surface area (Å²) in [7, 11) is 0. The molecule has 3 aliphatic rings. The van der Waals surface area contributed by atoms with Crippen LogP contribution in [0.4, 0.5) is 0 Å². The van der Waals surface area contributed by atoms with E-state index in [0.717, 1.165) is 52.4 Å². The largest absolute Gasteiger partial charge is 0.486 e. The first kappa shape index (κ1) is 17.6. The van der Waals surface area contributed by atoms with Crippen LogP contribution in [-0.4, -0.2) is 74.9 Å². The highest BCUT2D eigenvalue weighted by molar-refractivity contribution is 5.98. The molecule has 2 saturated heterocycles. The van der Waals surface area contributed by atoms with Crippen LogP contribution in [0.25, 0.3) is 0 Å². The van der Waals surface area contributed by atoms with Crippen LogP contribution in [0.2, 0.25) is 0 Å². The van der Waals surface area contributed by atoms with Crippen molar-refractivity contribution in [1.29, 1.82) is 0 Å². The van der Waals surface area contributed by atoms with Crippen LogP contribution < -0.4 is 9.47 Å². The van der Waals surface area contributed by atoms with Crippen LogP contribution in [0.1, 0.15) is 29.6 Å². The maximum atomic E-state index is 13.1. The van der Waals surface area contributed by atoms with Gasteiger partial charge < -0.3 is 24.0 Å². The van der Waals surface area contributed by atoms with Gasteiger partial charge in [0, 0.05) is 32.8 Å². The Bertz CT molecular complexity index is 630. The van der Waals surface area contributed by atoms with E-state index in [1.807, 2.05) is 23.1 Å². The normalized spacial score (nSPS) is 23.7. The lowest BCUT2D eigenvalue weighted by Crippen LogP contribution is -2.36. The van der Waals surface area contributed by atoms with E-state index >= 15 is 0 Å². The Labute approximate surface area is 155 Å². The summed E-state index contributed by atoms with van der Waals surface area (Å²) in [5, 5.41) is 0. The minimum atomic E-state index is 0.0541. The minimum Gasteiger partial charge on any atom is -0.486 e. The molecule has 1 aromatic rings. The lowest BCUT2D eigenvalue weighted by molar-refractivity contribution is 0.0750. The highest BCUT2D eigenvalue weighted by Crippen LogP contribution is 2.34. The Kier molecular flexibility index (Phi) is 5.60. The van der Waals surface area contributed by atoms with Crippen molar-refractivity contribution in [1.82, 2.24) is 9.80 Å². The molecular weight excluding hydrogens is 332 g/mol. The van der Waals surface area contributed by atoms with E-state index < -0.39 is 0 Å². The van der Waals surface area contributed by atoms with Crippen molar-refractivity contribution in [2.24, 2.45) is 5.92 Å². The SMILES string of the molecule is O=C(c1cccc2c1OCCO2)N1CCCN(CCC2CCOC2)CC1. The van der Waals surface area contributed by atoms with Crippen LogP contribution in [0.5, 0.6) is 11.5 Å². The summed E-state index contributed by atoms with van der Waals surface area (Å²) in [4.78, 5) is 17.5. The highest BCUT2D eigenvalue weighted by atomic mass is 16.6. The molecule has 1 aromatic carbocycles. The molecule has 2 fully saturated rings. The summed E-state index contributed by atoms with van der Waals surface area (Å²) in [5.41, 5.74) is 0.624. The standard InChI is InChI=1S/C20H28N2O4/c23-20(17-3-1-4-18-19(17)26-14-13-25-18)22-8-2-7-21(10-11-22)9-5-16-6-12-24-15-16/h1,3-4,16H,2,5-15H2. The van der Waals surface area contributed by atoms with E-state index in [-0.39, 0.29) is 5.91 Å². The molecule has 4 rings (SSSR count). The molecule has 1 atom stereocenters. The second-order valence-electron chi connectivity index (χ2n) is 7.34. The smallest absolute Gasteiger partial charge is 0.257 e. The van der Waals surface area contributed by atoms with Gasteiger partial charge in [-0.15, -0.1) is 0 Å². The Morgan fingerprint density at radius 2 is 2.00 bits per heavy atom. The van der Waals surface area contributed by atoms with Crippen molar-refractivity contribution in [2.45, 2.75) is 19.3 Å². The van der Waals surface area contributed by atoms with Gasteiger partial charge in [-0.05, 0) is 50.4 Å². The molecule has 3 heterocycles. The summed E-state index contributed by atoms with van der Waals surface area (Å²) in [6.45, 7) is 7.53. The number of hydrogen-bond acceptors (Lipinski definition) is 5. The van der Waals surface area contributed by atoms with E-state index in [1.165, 1.54) is 12.8 Å². The first-order valence-electron chi connectivity index (χ1n) is 9.79. The fourth-order valence-corrected chi connectivity index (χ4v) is 3.99. The summed E-state index contributed by atoms with van der Waals surface area (Å²) >= 11 is 0. The number of rotatable bonds is 4. The van der Waals surface area contributed by atoms with Gasteiger partial charge in [0.25, 0.3) is 5.91 Å². The molecular formula is C20H28N2O4. The van der Waals surface area contributed by atoms with Gasteiger partial charge in [-0.25, -0.2) is 0 Å². The number of carbonyl (C=O) groups excluding carboxylic acids is 1. The summed E-state index contributed by atoms with van der Waals surface area (Å²) in [6, 6.07) is 5.58. The zero-order valence-electron chi connectivity index (χ0n) is 15.3. The van der Waals surface area contributed by atoms with Gasteiger partial charge in [0.15, 0.2) is 11.5 Å². The topological polar surface area (TPSA) is 51.2 Å². The maximum Gasteiger partial charge on any atom is 0.257 e. The first-order chi connectivity index (χ1) is 12.8. The van der Waals surface area contributed by atoms with Crippen LogP contribution in [0, 0.1) is 5.92 Å². The molecule has 0 aliphatic carbocycles. The zero-order chi connectivity index (χ0) is 17.8. The number of para-hydroxylation sites is 1. The molecule has 0 radical (unpaired) electrons. The zero-order valence-corrected chi connectivity index (χ0v) is 15.3. The molecule has 0 spiro atoms. The van der Waals surface area contributed by atoms with Crippen LogP contribution >= 0.6 is 0 Å². The van der Waals surface area contributed by atoms with Crippen molar-refractivity contribution in [2.75, 3.05) is 59.2 Å². The second kappa shape index (κ2) is 8.27. The van der Waals surface area contributed by atoms with Gasteiger partial charge in [-0.2, -0.15) is 0 Å². The summed E-state index contributed by atoms with van der Waals surface area (Å²) < 4.78 is 16.8. The van der Waals surface area contributed by atoms with E-state index in [0.29, 0.717) is 36.2 Å². The van der Waals surface area contributed by atoms with Crippen molar-refractivity contribution in [3.8, 4) is 11.5 Å². The molecule has 6 nitrogen and oxygen atoms in total. The number of fused-ring (bicyclic) bond motifs is 1. The third-order valence-electron chi connectivity index (χ3n) is 5.55. The molecule has 0 aromatic heterocycles. The predicted octanol–water partition coefficient (Wildman–Crippen LogP) is 2.03. The van der Waals surface area contributed by atoms with E-state index in [4.69, 9.17) is 14.2 Å². The first-order valence-corrected chi connectivity index (χ1v) is 9.79. The van der Waals surface area contributed by atoms with Crippen molar-refractivity contribution in [3.05, 3.63) is 23.8 Å². The number of amides is 1. The molecule has 0 bridgehead atoms. The third kappa shape index (κ3) is 3.96. The van der Waals surface area contributed by atoms with Gasteiger partial charge in [-0.3, -0.25) is 4.79 Å². The lowest BCUT2D eigenvalue weighted by atomic mass is 10.1. The average Bonchev–Trinajstić information content (AvgIpc) is 3.09. The van der Waals surface area contributed by atoms with Crippen molar-refractivity contribution < 1.29 is 19.0 Å². The van der Waals surface area contributed by atoms with Gasteiger partial charge in [0.05, 0.1) is 5.56 Å². The van der Waals surface area contributed by atoms with Crippen LogP contribution in [-0.2, 0) is 4.74 Å². The molecule has 0 saturated carbocycles. The maximum absolute atomic E-state index is 13.1. The fourth-order valence-electron chi connectivity index (χ4n) is 3.99. The second-order valence-corrected chi connectivity index (χ2v) is 7.34. The van der Waals surface area contributed by atoms with E-state index in [1.54, 1.807) is 0 Å². The van der Waals surface area contributed by atoms with Gasteiger partial charge in [-0.1, -0.05) is 6.07 Å². The molecule has 26 heavy (non-hydrogen) atoms. The van der Waals surface area contributed by atoms with Crippen LogP contribution in [0.3, 0.4) is 0 Å². The van der Waals surface area contributed by atoms with Crippen LogP contribution in [0.15, 0.2) is 18.2 Å². The number of carbonyl (C=O) groups is 1. The molecule has 1 unspecified atom stereocenters. The van der Waals surface area contributed by atoms with Crippen molar-refractivity contribution in [3.63, 3.8) is 0 Å². The molecule has 6 heteroatoms. The number of nitrogens with zero attached hydrogens (tertiary/aromatic N) is 2. The predicted molar refractivity (Wildman–Crippen MR) is 97.9 cm³/mol. The number of hydrogen-bond donors (Lipinski definition) is 0. The summed E-state index contributed by atoms with van der Waals surface area (Å²) in [5.74, 6) is 2.05. The molecule has 1 amide bonds. The monoisotopic (exact) mass is 360 g/mol. The van der Waals surface area contributed by atoms with Crippen molar-refractivity contribution >= 4 is 5.91 Å². The molecule has 3 aliphatic heterocycles. The Hall–Kier alpha value is -1.79. The number of benzene rings is 1. The Balaban J connectivity index is 1.35. The lowest BCUT2D eigenvalue weighted by Gasteiger charge is -2.25. The molecule has 0 N–H and O–H groups in total. The van der Waals surface area contributed by atoms with Gasteiger partial charge in [0.1, 0.15) is 13.2 Å². The highest BCUT2D eigenvalue weighted by Gasteiger charge is 2.26. The third-order valence-corrected chi connectivity index (χ3v) is 5.55. The van der Waals surface area contributed by atoms with E-state index in [9.17, 15) is 4.79 Å².